The quantitative estimate of drug-likeness (QED) is 0.807. The van der Waals surface area contributed by atoms with E-state index in [1.165, 1.54) is 6.33 Å². The zero-order valence-electron chi connectivity index (χ0n) is 14.4. The van der Waals surface area contributed by atoms with Crippen molar-refractivity contribution in [3.05, 3.63) is 42.5 Å². The number of carbonyl (C=O) groups excluding carboxylic acids is 1. The first kappa shape index (κ1) is 17.6. The predicted molar refractivity (Wildman–Crippen MR) is 93.9 cm³/mol. The van der Waals surface area contributed by atoms with Gasteiger partial charge in [0.25, 0.3) is 0 Å². The highest BCUT2D eigenvalue weighted by atomic mass is 32.2. The summed E-state index contributed by atoms with van der Waals surface area (Å²) in [6.07, 6.45) is 3.98. The van der Waals surface area contributed by atoms with E-state index in [2.05, 4.69) is 10.1 Å². The maximum Gasteiger partial charge on any atom is 0.223 e. The third kappa shape index (κ3) is 4.07. The fraction of sp³-hybridized carbons (Fsp3) is 0.471. The Morgan fingerprint density at radius 2 is 2.08 bits per heavy atom. The molecule has 0 radical (unpaired) electrons. The minimum Gasteiger partial charge on any atom is -0.339 e. The molecule has 0 bridgehead atoms. The Morgan fingerprint density at radius 3 is 2.64 bits per heavy atom. The predicted octanol–water partition coefficient (Wildman–Crippen LogP) is 1.61. The summed E-state index contributed by atoms with van der Waals surface area (Å²) in [6, 6.07) is 7.71. The molecular weight excluding hydrogens is 340 g/mol. The molecule has 0 N–H and O–H groups in total. The first-order valence-electron chi connectivity index (χ1n) is 8.27. The summed E-state index contributed by atoms with van der Waals surface area (Å²) in [5, 5.41) is 4.09. The van der Waals surface area contributed by atoms with Crippen molar-refractivity contribution in [1.29, 1.82) is 0 Å². The van der Waals surface area contributed by atoms with Crippen molar-refractivity contribution in [3.8, 4) is 5.69 Å². The van der Waals surface area contributed by atoms with Crippen LogP contribution in [0.5, 0.6) is 0 Å². The van der Waals surface area contributed by atoms with Crippen LogP contribution >= 0.6 is 0 Å². The molecule has 0 spiro atoms. The van der Waals surface area contributed by atoms with Crippen molar-refractivity contribution < 1.29 is 13.2 Å². The van der Waals surface area contributed by atoms with Crippen molar-refractivity contribution in [2.75, 3.05) is 18.6 Å². The first-order valence-corrected chi connectivity index (χ1v) is 10.1. The van der Waals surface area contributed by atoms with Gasteiger partial charge < -0.3 is 4.90 Å². The molecule has 1 aliphatic heterocycles. The van der Waals surface area contributed by atoms with Crippen LogP contribution in [0.4, 0.5) is 0 Å². The lowest BCUT2D eigenvalue weighted by Crippen LogP contribution is -2.31. The molecule has 1 fully saturated rings. The molecule has 7 nitrogen and oxygen atoms in total. The molecule has 25 heavy (non-hydrogen) atoms. The summed E-state index contributed by atoms with van der Waals surface area (Å²) < 4.78 is 24.8. The maximum absolute atomic E-state index is 12.5. The molecule has 1 aromatic carbocycles. The van der Waals surface area contributed by atoms with E-state index >= 15 is 0 Å². The van der Waals surface area contributed by atoms with Gasteiger partial charge in [-0.25, -0.2) is 18.1 Å². The molecule has 2 atom stereocenters. The molecule has 2 heterocycles. The standard InChI is InChI=1S/C17H22N4O3S/c1-13(15-3-5-16(6-4-15)21-12-18-11-19-21)20(2)17(22)9-14-7-8-25(23,24)10-14/h3-6,11-14H,7-10H2,1-2H3/t13-,14+/m0/s1. The minimum absolute atomic E-state index is 0.0186. The molecule has 1 saturated heterocycles. The molecule has 1 aromatic heterocycles. The molecule has 0 unspecified atom stereocenters. The average Bonchev–Trinajstić information content (AvgIpc) is 3.23. The molecule has 0 aliphatic carbocycles. The normalized spacial score (nSPS) is 20.3. The van der Waals surface area contributed by atoms with E-state index in [1.807, 2.05) is 31.2 Å². The van der Waals surface area contributed by atoms with Crippen LogP contribution in [0.1, 0.15) is 31.4 Å². The molecule has 2 aromatic rings. The van der Waals surface area contributed by atoms with E-state index in [1.54, 1.807) is 23.0 Å². The highest BCUT2D eigenvalue weighted by Crippen LogP contribution is 2.25. The van der Waals surface area contributed by atoms with E-state index in [-0.39, 0.29) is 35.8 Å². The van der Waals surface area contributed by atoms with Crippen molar-refractivity contribution in [3.63, 3.8) is 0 Å². The molecule has 1 amide bonds. The van der Waals surface area contributed by atoms with Crippen LogP contribution < -0.4 is 0 Å². The summed E-state index contributed by atoms with van der Waals surface area (Å²) in [5.74, 6) is 0.262. The lowest BCUT2D eigenvalue weighted by atomic mass is 10.0. The highest BCUT2D eigenvalue weighted by Gasteiger charge is 2.31. The van der Waals surface area contributed by atoms with Gasteiger partial charge in [0, 0.05) is 13.5 Å². The number of aromatic nitrogens is 3. The Labute approximate surface area is 147 Å². The van der Waals surface area contributed by atoms with Crippen LogP contribution in [0, 0.1) is 5.92 Å². The van der Waals surface area contributed by atoms with Crippen molar-refractivity contribution >= 4 is 15.7 Å². The van der Waals surface area contributed by atoms with Crippen LogP contribution in [-0.4, -0.2) is 52.5 Å². The van der Waals surface area contributed by atoms with Gasteiger partial charge in [-0.1, -0.05) is 12.1 Å². The van der Waals surface area contributed by atoms with Crippen LogP contribution in [0.15, 0.2) is 36.9 Å². The molecule has 8 heteroatoms. The lowest BCUT2D eigenvalue weighted by molar-refractivity contribution is -0.132. The third-order valence-corrected chi connectivity index (χ3v) is 6.66. The SMILES string of the molecule is C[C@@H](c1ccc(-n2cncn2)cc1)N(C)C(=O)C[C@H]1CCS(=O)(=O)C1. The Kier molecular flexibility index (Phi) is 4.89. The molecule has 1 aliphatic rings. The van der Waals surface area contributed by atoms with Gasteiger partial charge in [-0.15, -0.1) is 0 Å². The first-order chi connectivity index (χ1) is 11.9. The zero-order valence-corrected chi connectivity index (χ0v) is 15.2. The number of carbonyl (C=O) groups is 1. The summed E-state index contributed by atoms with van der Waals surface area (Å²) in [6.45, 7) is 1.97. The number of nitrogens with zero attached hydrogens (tertiary/aromatic N) is 4. The van der Waals surface area contributed by atoms with Gasteiger partial charge in [0.1, 0.15) is 12.7 Å². The Balaban J connectivity index is 1.63. The van der Waals surface area contributed by atoms with Gasteiger partial charge in [-0.05, 0) is 37.0 Å². The number of sulfone groups is 1. The van der Waals surface area contributed by atoms with E-state index in [9.17, 15) is 13.2 Å². The van der Waals surface area contributed by atoms with Gasteiger partial charge in [0.15, 0.2) is 9.84 Å². The number of amides is 1. The Hall–Kier alpha value is -2.22. The number of hydrogen-bond acceptors (Lipinski definition) is 5. The largest absolute Gasteiger partial charge is 0.339 e. The Bertz CT molecular complexity index is 831. The van der Waals surface area contributed by atoms with Gasteiger partial charge >= 0.3 is 0 Å². The second kappa shape index (κ2) is 6.95. The van der Waals surface area contributed by atoms with E-state index in [0.717, 1.165) is 11.3 Å². The zero-order chi connectivity index (χ0) is 18.0. The summed E-state index contributed by atoms with van der Waals surface area (Å²) in [5.41, 5.74) is 1.91. The summed E-state index contributed by atoms with van der Waals surface area (Å²) >= 11 is 0. The number of benzene rings is 1. The topological polar surface area (TPSA) is 85.2 Å². The van der Waals surface area contributed by atoms with Crippen molar-refractivity contribution in [1.82, 2.24) is 19.7 Å². The summed E-state index contributed by atoms with van der Waals surface area (Å²) in [7, 11) is -1.18. The van der Waals surface area contributed by atoms with E-state index in [0.29, 0.717) is 6.42 Å². The van der Waals surface area contributed by atoms with E-state index < -0.39 is 9.84 Å². The van der Waals surface area contributed by atoms with Crippen molar-refractivity contribution in [2.45, 2.75) is 25.8 Å². The molecule has 3 rings (SSSR count). The lowest BCUT2D eigenvalue weighted by Gasteiger charge is -2.26. The highest BCUT2D eigenvalue weighted by molar-refractivity contribution is 7.91. The molecule has 0 saturated carbocycles. The maximum atomic E-state index is 12.5. The molecule has 134 valence electrons. The Morgan fingerprint density at radius 1 is 1.36 bits per heavy atom. The minimum atomic E-state index is -2.95. The average molecular weight is 362 g/mol. The van der Waals surface area contributed by atoms with Gasteiger partial charge in [-0.3, -0.25) is 4.79 Å². The van der Waals surface area contributed by atoms with Crippen LogP contribution in [0.25, 0.3) is 5.69 Å². The van der Waals surface area contributed by atoms with Gasteiger partial charge in [-0.2, -0.15) is 5.10 Å². The summed E-state index contributed by atoms with van der Waals surface area (Å²) in [4.78, 5) is 18.1. The fourth-order valence-electron chi connectivity index (χ4n) is 3.11. The second-order valence-electron chi connectivity index (χ2n) is 6.59. The van der Waals surface area contributed by atoms with E-state index in [4.69, 9.17) is 0 Å². The number of rotatable bonds is 5. The smallest absolute Gasteiger partial charge is 0.223 e. The van der Waals surface area contributed by atoms with Gasteiger partial charge in [0.05, 0.1) is 23.2 Å². The van der Waals surface area contributed by atoms with Crippen LogP contribution in [0.3, 0.4) is 0 Å². The molecular formula is C17H22N4O3S. The monoisotopic (exact) mass is 362 g/mol. The van der Waals surface area contributed by atoms with Crippen molar-refractivity contribution in [2.24, 2.45) is 5.92 Å². The second-order valence-corrected chi connectivity index (χ2v) is 8.81. The third-order valence-electron chi connectivity index (χ3n) is 4.82. The van der Waals surface area contributed by atoms with Crippen LogP contribution in [-0.2, 0) is 14.6 Å². The fourth-order valence-corrected chi connectivity index (χ4v) is 4.97. The van der Waals surface area contributed by atoms with Gasteiger partial charge in [0.2, 0.25) is 5.91 Å². The van der Waals surface area contributed by atoms with Crippen LogP contribution in [0.2, 0.25) is 0 Å². The number of hydrogen-bond donors (Lipinski definition) is 0.